The van der Waals surface area contributed by atoms with Crippen LogP contribution in [0.5, 0.6) is 0 Å². The topological polar surface area (TPSA) is 26.3 Å². The van der Waals surface area contributed by atoms with E-state index in [2.05, 4.69) is 20.8 Å². The minimum Gasteiger partial charge on any atom is -0.429 e. The summed E-state index contributed by atoms with van der Waals surface area (Å²) in [7, 11) is 0. The average molecular weight is 166 g/mol. The van der Waals surface area contributed by atoms with Crippen LogP contribution in [0.1, 0.15) is 27.2 Å². The number of hydrogen-bond acceptors (Lipinski definition) is 2. The van der Waals surface area contributed by atoms with Crippen molar-refractivity contribution in [3.63, 3.8) is 0 Å². The Hall–Kier alpha value is -1.05. The summed E-state index contributed by atoms with van der Waals surface area (Å²) in [5, 5.41) is 0. The van der Waals surface area contributed by atoms with E-state index in [1.165, 1.54) is 5.57 Å². The number of allylic oxidation sites excluding steroid dienone is 3. The quantitative estimate of drug-likeness (QED) is 0.589. The van der Waals surface area contributed by atoms with Gasteiger partial charge in [-0.2, -0.15) is 0 Å². The molecule has 0 aromatic carbocycles. The van der Waals surface area contributed by atoms with E-state index in [0.717, 1.165) is 12.2 Å². The molecule has 0 spiro atoms. The molecular weight excluding hydrogens is 152 g/mol. The fourth-order valence-corrected chi connectivity index (χ4v) is 1.32. The maximum Gasteiger partial charge on any atom is 0.298 e. The van der Waals surface area contributed by atoms with Crippen molar-refractivity contribution in [3.05, 3.63) is 23.5 Å². The molecule has 0 aliphatic heterocycles. The van der Waals surface area contributed by atoms with E-state index < -0.39 is 0 Å². The average Bonchev–Trinajstić information content (AvgIpc) is 2.34. The second-order valence-corrected chi connectivity index (χ2v) is 3.91. The van der Waals surface area contributed by atoms with E-state index in [-0.39, 0.29) is 5.41 Å². The van der Waals surface area contributed by atoms with Crippen LogP contribution in [0, 0.1) is 5.41 Å². The normalized spacial score (nSPS) is 16.9. The molecule has 0 fully saturated rings. The number of carbonyl (C=O) groups is 1. The highest BCUT2D eigenvalue weighted by molar-refractivity contribution is 5.45. The van der Waals surface area contributed by atoms with Crippen LogP contribution in [-0.2, 0) is 9.53 Å². The zero-order chi connectivity index (χ0) is 9.19. The smallest absolute Gasteiger partial charge is 0.298 e. The monoisotopic (exact) mass is 166 g/mol. The third-order valence-corrected chi connectivity index (χ3v) is 1.97. The van der Waals surface area contributed by atoms with Crippen LogP contribution in [0.3, 0.4) is 0 Å². The molecule has 0 N–H and O–H groups in total. The molecule has 0 radical (unpaired) electrons. The summed E-state index contributed by atoms with van der Waals surface area (Å²) in [5.74, 6) is 0.720. The molecule has 2 nitrogen and oxygen atoms in total. The van der Waals surface area contributed by atoms with Gasteiger partial charge in [0.15, 0.2) is 0 Å². The first kappa shape index (κ1) is 9.04. The highest BCUT2D eigenvalue weighted by Crippen LogP contribution is 2.35. The first-order valence-corrected chi connectivity index (χ1v) is 4.06. The van der Waals surface area contributed by atoms with Gasteiger partial charge in [0.25, 0.3) is 6.47 Å². The van der Waals surface area contributed by atoms with Crippen molar-refractivity contribution in [1.82, 2.24) is 0 Å². The molecule has 0 aromatic rings. The van der Waals surface area contributed by atoms with Crippen molar-refractivity contribution < 1.29 is 9.53 Å². The van der Waals surface area contributed by atoms with Crippen molar-refractivity contribution in [1.29, 1.82) is 0 Å². The third kappa shape index (κ3) is 1.76. The van der Waals surface area contributed by atoms with Crippen molar-refractivity contribution in [2.75, 3.05) is 0 Å². The van der Waals surface area contributed by atoms with Gasteiger partial charge in [0, 0.05) is 0 Å². The van der Waals surface area contributed by atoms with Gasteiger partial charge in [-0.3, -0.25) is 4.79 Å². The molecule has 1 aliphatic carbocycles. The lowest BCUT2D eigenvalue weighted by molar-refractivity contribution is -0.124. The van der Waals surface area contributed by atoms with Gasteiger partial charge in [-0.25, -0.2) is 0 Å². The highest BCUT2D eigenvalue weighted by Gasteiger charge is 2.23. The van der Waals surface area contributed by atoms with E-state index in [9.17, 15) is 4.79 Å². The Bertz CT molecular complexity index is 241. The number of ether oxygens (including phenoxy) is 1. The molecule has 0 aromatic heterocycles. The molecule has 1 aliphatic rings. The molecule has 12 heavy (non-hydrogen) atoms. The Labute approximate surface area is 72.9 Å². The number of rotatable bonds is 2. The SMILES string of the molecule is CC(C)(C)C1=C(OC=O)C=CC1. The van der Waals surface area contributed by atoms with E-state index in [4.69, 9.17) is 4.74 Å². The summed E-state index contributed by atoms with van der Waals surface area (Å²) in [5.41, 5.74) is 1.27. The number of hydrogen-bond donors (Lipinski definition) is 0. The first-order chi connectivity index (χ1) is 5.55. The molecule has 0 atom stereocenters. The van der Waals surface area contributed by atoms with Crippen molar-refractivity contribution in [2.45, 2.75) is 27.2 Å². The summed E-state index contributed by atoms with van der Waals surface area (Å²) in [4.78, 5) is 10.1. The van der Waals surface area contributed by atoms with E-state index in [1.807, 2.05) is 12.2 Å². The van der Waals surface area contributed by atoms with Gasteiger partial charge < -0.3 is 4.74 Å². The molecule has 0 bridgehead atoms. The van der Waals surface area contributed by atoms with E-state index in [0.29, 0.717) is 6.47 Å². The van der Waals surface area contributed by atoms with Gasteiger partial charge in [0.05, 0.1) is 0 Å². The molecule has 0 unspecified atom stereocenters. The van der Waals surface area contributed by atoms with Gasteiger partial charge in [0.1, 0.15) is 5.76 Å². The van der Waals surface area contributed by atoms with Crippen LogP contribution < -0.4 is 0 Å². The Morgan fingerprint density at radius 1 is 1.50 bits per heavy atom. The fraction of sp³-hybridized carbons (Fsp3) is 0.500. The summed E-state index contributed by atoms with van der Waals surface area (Å²) in [6, 6.07) is 0. The van der Waals surface area contributed by atoms with E-state index >= 15 is 0 Å². The fourth-order valence-electron chi connectivity index (χ4n) is 1.32. The van der Waals surface area contributed by atoms with Crippen LogP contribution in [0.15, 0.2) is 23.5 Å². The van der Waals surface area contributed by atoms with Crippen LogP contribution in [0.25, 0.3) is 0 Å². The molecule has 0 heterocycles. The second-order valence-electron chi connectivity index (χ2n) is 3.91. The Morgan fingerprint density at radius 2 is 2.17 bits per heavy atom. The Kier molecular flexibility index (Phi) is 2.36. The third-order valence-electron chi connectivity index (χ3n) is 1.97. The van der Waals surface area contributed by atoms with E-state index in [1.54, 1.807) is 0 Å². The van der Waals surface area contributed by atoms with Crippen LogP contribution in [0.2, 0.25) is 0 Å². The minimum atomic E-state index is 0.0852. The highest BCUT2D eigenvalue weighted by atomic mass is 16.5. The van der Waals surface area contributed by atoms with Crippen LogP contribution in [-0.4, -0.2) is 6.47 Å². The lowest BCUT2D eigenvalue weighted by atomic mass is 9.85. The predicted molar refractivity (Wildman–Crippen MR) is 47.4 cm³/mol. The summed E-state index contributed by atoms with van der Waals surface area (Å²) >= 11 is 0. The van der Waals surface area contributed by atoms with Gasteiger partial charge in [0.2, 0.25) is 0 Å². The molecule has 0 amide bonds. The molecule has 0 saturated carbocycles. The summed E-state index contributed by atoms with van der Waals surface area (Å²) in [6.45, 7) is 6.83. The Morgan fingerprint density at radius 3 is 2.67 bits per heavy atom. The van der Waals surface area contributed by atoms with Crippen LogP contribution in [0.4, 0.5) is 0 Å². The van der Waals surface area contributed by atoms with Crippen molar-refractivity contribution in [3.8, 4) is 0 Å². The maximum absolute atomic E-state index is 10.1. The number of carbonyl (C=O) groups excluding carboxylic acids is 1. The molecule has 0 saturated heterocycles. The van der Waals surface area contributed by atoms with Crippen molar-refractivity contribution >= 4 is 6.47 Å². The van der Waals surface area contributed by atoms with Crippen LogP contribution >= 0.6 is 0 Å². The van der Waals surface area contributed by atoms with Gasteiger partial charge in [-0.15, -0.1) is 0 Å². The standard InChI is InChI=1S/C10H14O2/c1-10(2,3)8-5-4-6-9(8)12-7-11/h4,6-7H,5H2,1-3H3. The van der Waals surface area contributed by atoms with Crippen molar-refractivity contribution in [2.24, 2.45) is 5.41 Å². The summed E-state index contributed by atoms with van der Waals surface area (Å²) < 4.78 is 4.85. The summed E-state index contributed by atoms with van der Waals surface area (Å²) in [6.07, 6.45) is 4.76. The Balaban J connectivity index is 2.88. The van der Waals surface area contributed by atoms with Gasteiger partial charge in [-0.05, 0) is 23.5 Å². The predicted octanol–water partition coefficient (Wildman–Crippen LogP) is 2.42. The molecular formula is C10H14O2. The zero-order valence-corrected chi connectivity index (χ0v) is 7.76. The first-order valence-electron chi connectivity index (χ1n) is 4.06. The lowest BCUT2D eigenvalue weighted by Crippen LogP contribution is -2.10. The largest absolute Gasteiger partial charge is 0.429 e. The van der Waals surface area contributed by atoms with Gasteiger partial charge >= 0.3 is 0 Å². The zero-order valence-electron chi connectivity index (χ0n) is 7.76. The molecule has 1 rings (SSSR count). The maximum atomic E-state index is 10.1. The van der Waals surface area contributed by atoms with Gasteiger partial charge in [-0.1, -0.05) is 26.8 Å². The molecule has 66 valence electrons. The second kappa shape index (κ2) is 3.13. The minimum absolute atomic E-state index is 0.0852. The lowest BCUT2D eigenvalue weighted by Gasteiger charge is -2.21. The molecule has 2 heteroatoms.